The molecule has 0 unspecified atom stereocenters. The number of hydrogen-bond acceptors (Lipinski definition) is 3. The maximum atomic E-state index is 12.2. The van der Waals surface area contributed by atoms with Crippen molar-refractivity contribution < 1.29 is 4.74 Å². The highest BCUT2D eigenvalue weighted by molar-refractivity contribution is 5.87. The van der Waals surface area contributed by atoms with Crippen LogP contribution >= 0.6 is 0 Å². The monoisotopic (exact) mass is 338 g/mol. The summed E-state index contributed by atoms with van der Waals surface area (Å²) in [6, 6.07) is 26.6. The van der Waals surface area contributed by atoms with E-state index in [1.165, 1.54) is 6.07 Å². The van der Waals surface area contributed by atoms with E-state index in [4.69, 9.17) is 4.74 Å². The van der Waals surface area contributed by atoms with Crippen molar-refractivity contribution in [2.75, 3.05) is 0 Å². The number of benzene rings is 3. The molecule has 1 N–H and O–H groups in total. The Morgan fingerprint density at radius 2 is 1.58 bits per heavy atom. The number of hydrogen-bond donors (Lipinski definition) is 1. The van der Waals surface area contributed by atoms with Gasteiger partial charge in [-0.25, -0.2) is 0 Å². The Morgan fingerprint density at radius 1 is 0.846 bits per heavy atom. The largest absolute Gasteiger partial charge is 0.455 e. The molecule has 4 nitrogen and oxygen atoms in total. The van der Waals surface area contributed by atoms with Crippen LogP contribution in [0.1, 0.15) is 5.56 Å². The lowest BCUT2D eigenvalue weighted by molar-refractivity contribution is 0.482. The number of aromatic amines is 1. The van der Waals surface area contributed by atoms with Crippen LogP contribution < -0.4 is 10.3 Å². The molecule has 26 heavy (non-hydrogen) atoms. The second-order valence-electron chi connectivity index (χ2n) is 5.84. The van der Waals surface area contributed by atoms with Crippen LogP contribution in [0.3, 0.4) is 0 Å². The summed E-state index contributed by atoms with van der Waals surface area (Å²) < 4.78 is 5.95. The van der Waals surface area contributed by atoms with E-state index in [1.807, 2.05) is 78.9 Å². The fraction of sp³-hybridized carbons (Fsp3) is 0. The van der Waals surface area contributed by atoms with E-state index in [0.29, 0.717) is 17.2 Å². The van der Waals surface area contributed by atoms with Crippen molar-refractivity contribution in [3.8, 4) is 28.8 Å². The van der Waals surface area contributed by atoms with Gasteiger partial charge in [-0.2, -0.15) is 5.26 Å². The molecule has 4 aromatic rings. The van der Waals surface area contributed by atoms with E-state index in [2.05, 4.69) is 4.98 Å². The summed E-state index contributed by atoms with van der Waals surface area (Å²) in [4.78, 5) is 15.0. The number of nitriles is 1. The molecule has 0 amide bonds. The summed E-state index contributed by atoms with van der Waals surface area (Å²) in [5.74, 6) is 1.06. The third-order valence-electron chi connectivity index (χ3n) is 4.13. The van der Waals surface area contributed by atoms with Crippen molar-refractivity contribution in [2.45, 2.75) is 0 Å². The normalized spacial score (nSPS) is 10.4. The lowest BCUT2D eigenvalue weighted by atomic mass is 10.0. The number of fused-ring (bicyclic) bond motifs is 1. The highest BCUT2D eigenvalue weighted by atomic mass is 16.5. The van der Waals surface area contributed by atoms with Gasteiger partial charge in [0.1, 0.15) is 17.4 Å². The minimum Gasteiger partial charge on any atom is -0.455 e. The van der Waals surface area contributed by atoms with E-state index in [1.54, 1.807) is 0 Å². The fourth-order valence-electron chi connectivity index (χ4n) is 2.85. The first kappa shape index (κ1) is 15.7. The number of H-pyrrole nitrogens is 1. The third kappa shape index (κ3) is 2.94. The predicted octanol–water partition coefficient (Wildman–Crippen LogP) is 4.86. The molecule has 0 aliphatic heterocycles. The second kappa shape index (κ2) is 6.58. The maximum Gasteiger partial charge on any atom is 0.266 e. The molecule has 0 saturated heterocycles. The smallest absolute Gasteiger partial charge is 0.266 e. The van der Waals surface area contributed by atoms with Gasteiger partial charge < -0.3 is 9.72 Å². The molecule has 0 radical (unpaired) electrons. The molecule has 4 rings (SSSR count). The molecular formula is C22H14N2O2. The average Bonchev–Trinajstić information content (AvgIpc) is 2.69. The van der Waals surface area contributed by atoms with Gasteiger partial charge in [-0.3, -0.25) is 4.79 Å². The van der Waals surface area contributed by atoms with Crippen LogP contribution in [0.2, 0.25) is 0 Å². The van der Waals surface area contributed by atoms with Crippen molar-refractivity contribution in [2.24, 2.45) is 0 Å². The Hall–Kier alpha value is -3.84. The molecule has 1 aromatic heterocycles. The zero-order chi connectivity index (χ0) is 17.9. The van der Waals surface area contributed by atoms with Gasteiger partial charge in [0.25, 0.3) is 5.56 Å². The SMILES string of the molecule is N#Cc1cc(Oc2ccccc2)c(-c2ccc3ccccc3c2)[nH]c1=O. The van der Waals surface area contributed by atoms with E-state index < -0.39 is 5.56 Å². The van der Waals surface area contributed by atoms with Gasteiger partial charge in [-0.15, -0.1) is 0 Å². The zero-order valence-corrected chi connectivity index (χ0v) is 13.8. The molecule has 124 valence electrons. The minimum atomic E-state index is -0.434. The molecule has 0 spiro atoms. The highest BCUT2D eigenvalue weighted by Crippen LogP contribution is 2.32. The standard InChI is InChI=1S/C22H14N2O2/c23-14-18-13-20(26-19-8-2-1-3-9-19)21(24-22(18)25)17-11-10-15-6-4-5-7-16(15)12-17/h1-13H,(H,24,25). The van der Waals surface area contributed by atoms with Crippen LogP contribution in [-0.2, 0) is 0 Å². The van der Waals surface area contributed by atoms with Gasteiger partial charge in [-0.05, 0) is 29.0 Å². The Bertz CT molecular complexity index is 1190. The van der Waals surface area contributed by atoms with Crippen LogP contribution in [0, 0.1) is 11.3 Å². The molecule has 1 heterocycles. The first-order valence-electron chi connectivity index (χ1n) is 8.14. The topological polar surface area (TPSA) is 65.9 Å². The molecule has 0 aliphatic rings. The second-order valence-corrected chi connectivity index (χ2v) is 5.84. The molecule has 0 fully saturated rings. The summed E-state index contributed by atoms with van der Waals surface area (Å²) in [6.07, 6.45) is 0. The molecule has 3 aromatic carbocycles. The lowest BCUT2D eigenvalue weighted by Gasteiger charge is -2.12. The van der Waals surface area contributed by atoms with Crippen LogP contribution in [-0.4, -0.2) is 4.98 Å². The third-order valence-corrected chi connectivity index (χ3v) is 4.13. The number of pyridine rings is 1. The lowest BCUT2D eigenvalue weighted by Crippen LogP contribution is -2.11. The number of rotatable bonds is 3. The van der Waals surface area contributed by atoms with Gasteiger partial charge >= 0.3 is 0 Å². The van der Waals surface area contributed by atoms with Crippen LogP contribution in [0.4, 0.5) is 0 Å². The van der Waals surface area contributed by atoms with Crippen molar-refractivity contribution in [3.05, 3.63) is 94.8 Å². The summed E-state index contributed by atoms with van der Waals surface area (Å²) in [7, 11) is 0. The number of para-hydroxylation sites is 1. The van der Waals surface area contributed by atoms with E-state index in [0.717, 1.165) is 16.3 Å². The zero-order valence-electron chi connectivity index (χ0n) is 13.8. The van der Waals surface area contributed by atoms with E-state index >= 15 is 0 Å². The maximum absolute atomic E-state index is 12.2. The number of aromatic nitrogens is 1. The van der Waals surface area contributed by atoms with Crippen LogP contribution in [0.25, 0.3) is 22.0 Å². The van der Waals surface area contributed by atoms with Crippen molar-refractivity contribution in [1.82, 2.24) is 4.98 Å². The summed E-state index contributed by atoms with van der Waals surface area (Å²) in [5, 5.41) is 11.4. The van der Waals surface area contributed by atoms with Crippen LogP contribution in [0.15, 0.2) is 83.7 Å². The molecular weight excluding hydrogens is 324 g/mol. The van der Waals surface area contributed by atoms with Gasteiger partial charge in [-0.1, -0.05) is 54.6 Å². The average molecular weight is 338 g/mol. The van der Waals surface area contributed by atoms with Gasteiger partial charge in [0.15, 0.2) is 5.75 Å². The Kier molecular flexibility index (Phi) is 3.97. The van der Waals surface area contributed by atoms with E-state index in [-0.39, 0.29) is 5.56 Å². The molecule has 0 atom stereocenters. The number of nitrogens with one attached hydrogen (secondary N) is 1. The molecule has 0 saturated carbocycles. The molecule has 4 heteroatoms. The summed E-state index contributed by atoms with van der Waals surface area (Å²) >= 11 is 0. The van der Waals surface area contributed by atoms with Gasteiger partial charge in [0.2, 0.25) is 0 Å². The quantitative estimate of drug-likeness (QED) is 0.580. The van der Waals surface area contributed by atoms with E-state index in [9.17, 15) is 10.1 Å². The van der Waals surface area contributed by atoms with Crippen molar-refractivity contribution >= 4 is 10.8 Å². The predicted molar refractivity (Wildman–Crippen MR) is 101 cm³/mol. The fourth-order valence-corrected chi connectivity index (χ4v) is 2.85. The van der Waals surface area contributed by atoms with Gasteiger partial charge in [0.05, 0.1) is 5.69 Å². The van der Waals surface area contributed by atoms with Crippen molar-refractivity contribution in [1.29, 1.82) is 5.26 Å². The van der Waals surface area contributed by atoms with Gasteiger partial charge in [0, 0.05) is 11.6 Å². The summed E-state index contributed by atoms with van der Waals surface area (Å²) in [5.41, 5.74) is 0.941. The Balaban J connectivity index is 1.89. The Labute approximate surface area is 149 Å². The Morgan fingerprint density at radius 3 is 2.35 bits per heavy atom. The first-order valence-corrected chi connectivity index (χ1v) is 8.14. The summed E-state index contributed by atoms with van der Waals surface area (Å²) in [6.45, 7) is 0. The van der Waals surface area contributed by atoms with Crippen LogP contribution in [0.5, 0.6) is 11.5 Å². The number of ether oxygens (including phenoxy) is 1. The minimum absolute atomic E-state index is 0.0143. The number of nitrogens with zero attached hydrogens (tertiary/aromatic N) is 1. The van der Waals surface area contributed by atoms with Crippen molar-refractivity contribution in [3.63, 3.8) is 0 Å². The molecule has 0 bridgehead atoms. The molecule has 0 aliphatic carbocycles. The highest BCUT2D eigenvalue weighted by Gasteiger charge is 2.13. The first-order chi connectivity index (χ1) is 12.7.